The predicted molar refractivity (Wildman–Crippen MR) is 74.6 cm³/mol. The average Bonchev–Trinajstić information content (AvgIpc) is 2.41. The van der Waals surface area contributed by atoms with Gasteiger partial charge in [0.05, 0.1) is 5.69 Å². The summed E-state index contributed by atoms with van der Waals surface area (Å²) >= 11 is 0. The van der Waals surface area contributed by atoms with Crippen LogP contribution in [0.1, 0.15) is 31.2 Å². The van der Waals surface area contributed by atoms with Gasteiger partial charge in [-0.2, -0.15) is 0 Å². The molecule has 1 fully saturated rings. The molecule has 1 amide bonds. The number of carbonyl (C=O) groups excluding carboxylic acids is 1. The molecule has 1 atom stereocenters. The molecule has 1 aliphatic heterocycles. The maximum absolute atomic E-state index is 13.6. The van der Waals surface area contributed by atoms with Crippen molar-refractivity contribution in [3.8, 4) is 0 Å². The Morgan fingerprint density at radius 3 is 3.05 bits per heavy atom. The van der Waals surface area contributed by atoms with Gasteiger partial charge in [0.2, 0.25) is 5.91 Å². The zero-order chi connectivity index (χ0) is 13.7. The first-order valence-electron chi connectivity index (χ1n) is 6.92. The van der Waals surface area contributed by atoms with Crippen LogP contribution in [0.3, 0.4) is 0 Å². The first-order valence-corrected chi connectivity index (χ1v) is 6.92. The van der Waals surface area contributed by atoms with E-state index in [1.165, 1.54) is 18.9 Å². The van der Waals surface area contributed by atoms with E-state index in [-0.39, 0.29) is 17.4 Å². The number of carbonyl (C=O) groups is 1. The molecule has 3 nitrogen and oxygen atoms in total. The van der Waals surface area contributed by atoms with E-state index in [1.54, 1.807) is 12.1 Å². The van der Waals surface area contributed by atoms with E-state index in [0.29, 0.717) is 12.3 Å². The Hall–Kier alpha value is -1.42. The van der Waals surface area contributed by atoms with E-state index in [4.69, 9.17) is 0 Å². The van der Waals surface area contributed by atoms with Crippen LogP contribution >= 0.6 is 0 Å². The Kier molecular flexibility index (Phi) is 4.91. The first-order chi connectivity index (χ1) is 9.15. The molecule has 4 heteroatoms. The number of halogens is 1. The lowest BCUT2D eigenvalue weighted by Gasteiger charge is -2.22. The highest BCUT2D eigenvalue weighted by molar-refractivity contribution is 5.90. The van der Waals surface area contributed by atoms with Gasteiger partial charge in [0.15, 0.2) is 0 Å². The maximum atomic E-state index is 13.6. The molecule has 1 unspecified atom stereocenters. The zero-order valence-corrected chi connectivity index (χ0v) is 11.3. The predicted octanol–water partition coefficient (Wildman–Crippen LogP) is 2.85. The Morgan fingerprint density at radius 2 is 2.37 bits per heavy atom. The smallest absolute Gasteiger partial charge is 0.224 e. The van der Waals surface area contributed by atoms with Crippen molar-refractivity contribution in [1.82, 2.24) is 5.32 Å². The number of benzene rings is 1. The van der Waals surface area contributed by atoms with Crippen molar-refractivity contribution in [3.05, 3.63) is 29.6 Å². The van der Waals surface area contributed by atoms with Crippen LogP contribution in [-0.2, 0) is 4.79 Å². The van der Waals surface area contributed by atoms with Gasteiger partial charge in [-0.15, -0.1) is 0 Å². The van der Waals surface area contributed by atoms with Crippen LogP contribution in [0.4, 0.5) is 10.1 Å². The highest BCUT2D eigenvalue weighted by Crippen LogP contribution is 2.18. The molecule has 1 saturated heterocycles. The molecular weight excluding hydrogens is 243 g/mol. The Labute approximate surface area is 113 Å². The van der Waals surface area contributed by atoms with Gasteiger partial charge in [-0.1, -0.05) is 6.07 Å². The van der Waals surface area contributed by atoms with Crippen molar-refractivity contribution in [3.63, 3.8) is 0 Å². The lowest BCUT2D eigenvalue weighted by molar-refractivity contribution is -0.116. The third-order valence-corrected chi connectivity index (χ3v) is 3.58. The topological polar surface area (TPSA) is 41.1 Å². The molecule has 2 N–H and O–H groups in total. The van der Waals surface area contributed by atoms with Crippen molar-refractivity contribution in [1.29, 1.82) is 0 Å². The van der Waals surface area contributed by atoms with Gasteiger partial charge in [-0.05, 0) is 62.9 Å². The molecule has 1 aromatic rings. The van der Waals surface area contributed by atoms with Crippen LogP contribution in [0.15, 0.2) is 18.2 Å². The summed E-state index contributed by atoms with van der Waals surface area (Å²) < 4.78 is 13.6. The highest BCUT2D eigenvalue weighted by Gasteiger charge is 2.15. The number of piperidine rings is 1. The van der Waals surface area contributed by atoms with Crippen LogP contribution in [0.2, 0.25) is 0 Å². The second-order valence-corrected chi connectivity index (χ2v) is 5.28. The number of anilines is 1. The molecule has 19 heavy (non-hydrogen) atoms. The third-order valence-electron chi connectivity index (χ3n) is 3.58. The zero-order valence-electron chi connectivity index (χ0n) is 11.3. The number of amides is 1. The molecule has 1 aromatic carbocycles. The summed E-state index contributed by atoms with van der Waals surface area (Å²) in [5, 5.41) is 5.97. The monoisotopic (exact) mass is 264 g/mol. The maximum Gasteiger partial charge on any atom is 0.224 e. The molecule has 0 saturated carbocycles. The quantitative estimate of drug-likeness (QED) is 0.878. The van der Waals surface area contributed by atoms with Gasteiger partial charge in [0.25, 0.3) is 0 Å². The summed E-state index contributed by atoms with van der Waals surface area (Å²) in [4.78, 5) is 11.8. The lowest BCUT2D eigenvalue weighted by Crippen LogP contribution is -2.30. The normalized spacial score (nSPS) is 19.2. The lowest BCUT2D eigenvalue weighted by atomic mass is 9.94. The van der Waals surface area contributed by atoms with Crippen molar-refractivity contribution < 1.29 is 9.18 Å². The van der Waals surface area contributed by atoms with Gasteiger partial charge in [-0.25, -0.2) is 4.39 Å². The van der Waals surface area contributed by atoms with E-state index in [2.05, 4.69) is 10.6 Å². The number of rotatable bonds is 4. The van der Waals surface area contributed by atoms with E-state index >= 15 is 0 Å². The van der Waals surface area contributed by atoms with Crippen molar-refractivity contribution >= 4 is 11.6 Å². The van der Waals surface area contributed by atoms with Gasteiger partial charge in [0, 0.05) is 6.42 Å². The van der Waals surface area contributed by atoms with E-state index in [1.807, 2.05) is 6.92 Å². The summed E-state index contributed by atoms with van der Waals surface area (Å²) in [5.41, 5.74) is 1.13. The van der Waals surface area contributed by atoms with Crippen molar-refractivity contribution in [2.75, 3.05) is 18.4 Å². The second-order valence-electron chi connectivity index (χ2n) is 5.28. The summed E-state index contributed by atoms with van der Waals surface area (Å²) in [7, 11) is 0. The standard InChI is InChI=1S/C15H21FN2O/c1-11-4-6-14(13(16)9-11)18-15(19)7-5-12-3-2-8-17-10-12/h4,6,9,12,17H,2-3,5,7-8,10H2,1H3,(H,18,19). The number of nitrogens with one attached hydrogen (secondary N) is 2. The Morgan fingerprint density at radius 1 is 1.53 bits per heavy atom. The molecule has 0 radical (unpaired) electrons. The van der Waals surface area contributed by atoms with Gasteiger partial charge in [-0.3, -0.25) is 4.79 Å². The number of aryl methyl sites for hydroxylation is 1. The van der Waals surface area contributed by atoms with Crippen LogP contribution in [0, 0.1) is 18.7 Å². The summed E-state index contributed by atoms with van der Waals surface area (Å²) in [5.74, 6) is 0.100. The van der Waals surface area contributed by atoms with E-state index in [0.717, 1.165) is 25.1 Å². The molecule has 1 aliphatic rings. The molecule has 0 spiro atoms. The molecule has 2 rings (SSSR count). The molecule has 104 valence electrons. The number of hydrogen-bond acceptors (Lipinski definition) is 2. The summed E-state index contributed by atoms with van der Waals surface area (Å²) in [6.45, 7) is 3.90. The third kappa shape index (κ3) is 4.31. The highest BCUT2D eigenvalue weighted by atomic mass is 19.1. The number of hydrogen-bond donors (Lipinski definition) is 2. The van der Waals surface area contributed by atoms with Gasteiger partial charge < -0.3 is 10.6 Å². The Bertz CT molecular complexity index is 442. The van der Waals surface area contributed by atoms with Crippen molar-refractivity contribution in [2.24, 2.45) is 5.92 Å². The fourth-order valence-electron chi connectivity index (χ4n) is 2.44. The van der Waals surface area contributed by atoms with E-state index in [9.17, 15) is 9.18 Å². The summed E-state index contributed by atoms with van der Waals surface area (Å²) in [6.07, 6.45) is 3.68. The van der Waals surface area contributed by atoms with Crippen LogP contribution in [0.5, 0.6) is 0 Å². The van der Waals surface area contributed by atoms with Crippen LogP contribution < -0.4 is 10.6 Å². The fourth-order valence-corrected chi connectivity index (χ4v) is 2.44. The minimum absolute atomic E-state index is 0.103. The SMILES string of the molecule is Cc1ccc(NC(=O)CCC2CCCNC2)c(F)c1. The van der Waals surface area contributed by atoms with Crippen molar-refractivity contribution in [2.45, 2.75) is 32.6 Å². The van der Waals surface area contributed by atoms with Gasteiger partial charge in [0.1, 0.15) is 5.82 Å². The van der Waals surface area contributed by atoms with Crippen LogP contribution in [0.25, 0.3) is 0 Å². The minimum atomic E-state index is -0.368. The molecule has 0 aromatic heterocycles. The summed E-state index contributed by atoms with van der Waals surface area (Å²) in [6, 6.07) is 4.84. The van der Waals surface area contributed by atoms with E-state index < -0.39 is 0 Å². The molecular formula is C15H21FN2O. The average molecular weight is 264 g/mol. The van der Waals surface area contributed by atoms with Gasteiger partial charge >= 0.3 is 0 Å². The molecule has 0 aliphatic carbocycles. The molecule has 0 bridgehead atoms. The van der Waals surface area contributed by atoms with Crippen LogP contribution in [-0.4, -0.2) is 19.0 Å². The Balaban J connectivity index is 1.80. The first kappa shape index (κ1) is 14.0. The fraction of sp³-hybridized carbons (Fsp3) is 0.533. The second kappa shape index (κ2) is 6.66. The minimum Gasteiger partial charge on any atom is -0.324 e. The largest absolute Gasteiger partial charge is 0.324 e. The molecule has 1 heterocycles.